The second kappa shape index (κ2) is 6.39. The maximum absolute atomic E-state index is 9.62. The third-order valence-electron chi connectivity index (χ3n) is 3.96. The van der Waals surface area contributed by atoms with Crippen LogP contribution in [0, 0.1) is 22.7 Å². The fourth-order valence-electron chi connectivity index (χ4n) is 2.79. The van der Waals surface area contributed by atoms with E-state index in [1.165, 1.54) is 6.20 Å². The predicted molar refractivity (Wildman–Crippen MR) is 97.6 cm³/mol. The van der Waals surface area contributed by atoms with E-state index in [0.717, 1.165) is 11.3 Å². The normalized spacial score (nSPS) is 10.2. The van der Waals surface area contributed by atoms with Crippen molar-refractivity contribution in [1.29, 1.82) is 10.5 Å². The van der Waals surface area contributed by atoms with Gasteiger partial charge >= 0.3 is 0 Å². The van der Waals surface area contributed by atoms with E-state index in [-0.39, 0.29) is 0 Å². The van der Waals surface area contributed by atoms with Crippen molar-refractivity contribution in [2.75, 3.05) is 5.32 Å². The summed E-state index contributed by atoms with van der Waals surface area (Å²) in [6.45, 7) is 0. The van der Waals surface area contributed by atoms with Gasteiger partial charge in [0.1, 0.15) is 17.7 Å². The Hall–Kier alpha value is -4.16. The van der Waals surface area contributed by atoms with Gasteiger partial charge in [-0.05, 0) is 12.1 Å². The lowest BCUT2D eigenvalue weighted by molar-refractivity contribution is 0.947. The molecule has 0 aliphatic heterocycles. The quantitative estimate of drug-likeness (QED) is 0.613. The first kappa shape index (κ1) is 15.4. The zero-order valence-corrected chi connectivity index (χ0v) is 13.6. The minimum atomic E-state index is 0.329. The van der Waals surface area contributed by atoms with Crippen molar-refractivity contribution in [3.05, 3.63) is 78.0 Å². The molecule has 6 heteroatoms. The van der Waals surface area contributed by atoms with Gasteiger partial charge in [0.25, 0.3) is 0 Å². The van der Waals surface area contributed by atoms with Gasteiger partial charge in [0, 0.05) is 17.4 Å². The van der Waals surface area contributed by atoms with Gasteiger partial charge < -0.3 is 5.32 Å². The molecule has 4 rings (SSSR count). The highest BCUT2D eigenvalue weighted by Gasteiger charge is 2.19. The Balaban J connectivity index is 1.97. The van der Waals surface area contributed by atoms with Crippen LogP contribution in [0.3, 0.4) is 0 Å². The first-order chi connectivity index (χ1) is 12.8. The Bertz CT molecular complexity index is 1160. The number of rotatable bonds is 3. The van der Waals surface area contributed by atoms with E-state index in [0.29, 0.717) is 28.3 Å². The number of benzene rings is 2. The van der Waals surface area contributed by atoms with Crippen LogP contribution in [0.15, 0.2) is 66.9 Å². The first-order valence-corrected chi connectivity index (χ1v) is 7.91. The smallest absolute Gasteiger partial charge is 0.176 e. The zero-order valence-electron chi connectivity index (χ0n) is 13.6. The Kier molecular flexibility index (Phi) is 3.78. The number of hydrogen-bond donors (Lipinski definition) is 1. The number of nitrogens with one attached hydrogen (secondary N) is 1. The fraction of sp³-hybridized carbons (Fsp3) is 0. The molecule has 2 heterocycles. The van der Waals surface area contributed by atoms with Gasteiger partial charge in [0.05, 0.1) is 11.3 Å². The summed E-state index contributed by atoms with van der Waals surface area (Å²) in [6, 6.07) is 23.3. The van der Waals surface area contributed by atoms with E-state index >= 15 is 0 Å². The molecule has 26 heavy (non-hydrogen) atoms. The van der Waals surface area contributed by atoms with E-state index in [2.05, 4.69) is 27.5 Å². The molecule has 2 aromatic heterocycles. The van der Waals surface area contributed by atoms with Crippen LogP contribution in [0.1, 0.15) is 11.1 Å². The first-order valence-electron chi connectivity index (χ1n) is 7.91. The van der Waals surface area contributed by atoms with Gasteiger partial charge in [-0.1, -0.05) is 48.5 Å². The van der Waals surface area contributed by atoms with E-state index < -0.39 is 0 Å². The highest BCUT2D eigenvalue weighted by molar-refractivity contribution is 5.77. The molecule has 0 amide bonds. The molecule has 0 aliphatic carbocycles. The molecule has 0 spiro atoms. The van der Waals surface area contributed by atoms with E-state index in [1.807, 2.05) is 60.7 Å². The minimum Gasteiger partial charge on any atom is -0.338 e. The van der Waals surface area contributed by atoms with E-state index in [4.69, 9.17) is 0 Å². The maximum Gasteiger partial charge on any atom is 0.176 e. The number of para-hydroxylation sites is 1. The SMILES string of the molecule is N#Cc1cnc2c(C#N)c(Nc3ccccc3)nn2c1-c1ccccc1. The number of aromatic nitrogens is 3. The Labute approximate surface area is 149 Å². The van der Waals surface area contributed by atoms with Crippen LogP contribution in [0.5, 0.6) is 0 Å². The summed E-state index contributed by atoms with van der Waals surface area (Å²) >= 11 is 0. The van der Waals surface area contributed by atoms with Gasteiger partial charge in [-0.3, -0.25) is 0 Å². The van der Waals surface area contributed by atoms with Crippen LogP contribution in [0.25, 0.3) is 16.9 Å². The monoisotopic (exact) mass is 336 g/mol. The van der Waals surface area contributed by atoms with Crippen LogP contribution >= 0.6 is 0 Å². The number of nitrogens with zero attached hydrogens (tertiary/aromatic N) is 5. The molecule has 0 atom stereocenters. The van der Waals surface area contributed by atoms with Gasteiger partial charge in [-0.2, -0.15) is 10.5 Å². The standard InChI is InChI=1S/C20H12N6/c21-11-15-13-23-20-17(12-22)19(24-16-9-5-2-6-10-16)25-26(20)18(15)14-7-3-1-4-8-14/h1-10,13H,(H,24,25). The largest absolute Gasteiger partial charge is 0.338 e. The highest BCUT2D eigenvalue weighted by atomic mass is 15.3. The molecule has 122 valence electrons. The summed E-state index contributed by atoms with van der Waals surface area (Å²) in [5.74, 6) is 0.401. The third-order valence-corrected chi connectivity index (χ3v) is 3.96. The van der Waals surface area contributed by atoms with Crippen molar-refractivity contribution >= 4 is 17.2 Å². The summed E-state index contributed by atoms with van der Waals surface area (Å²) in [7, 11) is 0. The van der Waals surface area contributed by atoms with Crippen molar-refractivity contribution in [2.45, 2.75) is 0 Å². The Morgan fingerprint density at radius 3 is 2.23 bits per heavy atom. The Morgan fingerprint density at radius 1 is 0.885 bits per heavy atom. The van der Waals surface area contributed by atoms with Crippen LogP contribution in [0.4, 0.5) is 11.5 Å². The lowest BCUT2D eigenvalue weighted by Gasteiger charge is -2.06. The van der Waals surface area contributed by atoms with Crippen LogP contribution in [-0.4, -0.2) is 14.6 Å². The van der Waals surface area contributed by atoms with Gasteiger partial charge in [0.2, 0.25) is 0 Å². The van der Waals surface area contributed by atoms with E-state index in [1.54, 1.807) is 4.52 Å². The maximum atomic E-state index is 9.62. The second-order valence-electron chi connectivity index (χ2n) is 5.56. The Morgan fingerprint density at radius 2 is 1.58 bits per heavy atom. The molecule has 1 N–H and O–H groups in total. The average Bonchev–Trinajstić information content (AvgIpc) is 3.05. The summed E-state index contributed by atoms with van der Waals surface area (Å²) in [5, 5.41) is 26.8. The molecule has 0 unspecified atom stereocenters. The molecule has 0 bridgehead atoms. The molecule has 4 aromatic rings. The third kappa shape index (κ3) is 2.52. The minimum absolute atomic E-state index is 0.329. The van der Waals surface area contributed by atoms with Crippen LogP contribution in [-0.2, 0) is 0 Å². The molecular weight excluding hydrogens is 324 g/mol. The number of fused-ring (bicyclic) bond motifs is 1. The molecule has 2 aromatic carbocycles. The lowest BCUT2D eigenvalue weighted by atomic mass is 10.1. The summed E-state index contributed by atoms with van der Waals surface area (Å²) in [5.41, 5.74) is 3.38. The van der Waals surface area contributed by atoms with Crippen molar-refractivity contribution < 1.29 is 0 Å². The summed E-state index contributed by atoms with van der Waals surface area (Å²) in [4.78, 5) is 4.29. The van der Waals surface area contributed by atoms with E-state index in [9.17, 15) is 10.5 Å². The summed E-state index contributed by atoms with van der Waals surface area (Å²) < 4.78 is 1.55. The van der Waals surface area contributed by atoms with Crippen molar-refractivity contribution in [2.24, 2.45) is 0 Å². The second-order valence-corrected chi connectivity index (χ2v) is 5.56. The molecular formula is C20H12N6. The molecule has 0 saturated carbocycles. The molecule has 0 aliphatic rings. The molecule has 0 saturated heterocycles. The van der Waals surface area contributed by atoms with Crippen molar-refractivity contribution in [3.8, 4) is 23.4 Å². The number of anilines is 2. The number of hydrogen-bond acceptors (Lipinski definition) is 5. The van der Waals surface area contributed by atoms with Crippen molar-refractivity contribution in [3.63, 3.8) is 0 Å². The van der Waals surface area contributed by atoms with Gasteiger partial charge in [0.15, 0.2) is 11.5 Å². The topological polar surface area (TPSA) is 89.8 Å². The lowest BCUT2D eigenvalue weighted by Crippen LogP contribution is -2.00. The fourth-order valence-corrected chi connectivity index (χ4v) is 2.79. The summed E-state index contributed by atoms with van der Waals surface area (Å²) in [6.07, 6.45) is 1.48. The average molecular weight is 336 g/mol. The number of nitriles is 2. The van der Waals surface area contributed by atoms with Crippen molar-refractivity contribution in [1.82, 2.24) is 14.6 Å². The van der Waals surface area contributed by atoms with Crippen LogP contribution < -0.4 is 5.32 Å². The van der Waals surface area contributed by atoms with Gasteiger partial charge in [-0.15, -0.1) is 5.10 Å². The van der Waals surface area contributed by atoms with Crippen LogP contribution in [0.2, 0.25) is 0 Å². The molecule has 0 radical (unpaired) electrons. The van der Waals surface area contributed by atoms with Gasteiger partial charge in [-0.25, -0.2) is 9.50 Å². The molecule has 6 nitrogen and oxygen atoms in total. The zero-order chi connectivity index (χ0) is 17.9. The predicted octanol–water partition coefficient (Wildman–Crippen LogP) is 3.88. The highest BCUT2D eigenvalue weighted by Crippen LogP contribution is 2.28. The molecule has 0 fully saturated rings.